The number of rotatable bonds is 5. The van der Waals surface area contributed by atoms with Crippen molar-refractivity contribution in [3.05, 3.63) is 0 Å². The lowest BCUT2D eigenvalue weighted by Gasteiger charge is -2.33. The second kappa shape index (κ2) is 5.87. The summed E-state index contributed by atoms with van der Waals surface area (Å²) in [6, 6.07) is 1.12. The van der Waals surface area contributed by atoms with E-state index in [9.17, 15) is 0 Å². The van der Waals surface area contributed by atoms with Crippen LogP contribution >= 0.6 is 11.6 Å². The SMILES string of the molecule is CCC(C)NC(CCCl)C(C)(C)C. The van der Waals surface area contributed by atoms with Crippen LogP contribution in [0.3, 0.4) is 0 Å². The fraction of sp³-hybridized carbons (Fsp3) is 1.00. The van der Waals surface area contributed by atoms with Crippen molar-refractivity contribution < 1.29 is 0 Å². The Morgan fingerprint density at radius 3 is 2.15 bits per heavy atom. The summed E-state index contributed by atoms with van der Waals surface area (Å²) in [5, 5.41) is 3.62. The molecule has 2 unspecified atom stereocenters. The summed E-state index contributed by atoms with van der Waals surface area (Å²) in [6.45, 7) is 11.2. The highest BCUT2D eigenvalue weighted by atomic mass is 35.5. The molecule has 0 amide bonds. The van der Waals surface area contributed by atoms with Crippen LogP contribution in [0.4, 0.5) is 0 Å². The number of hydrogen-bond acceptors (Lipinski definition) is 1. The van der Waals surface area contributed by atoms with E-state index in [4.69, 9.17) is 11.6 Å². The van der Waals surface area contributed by atoms with E-state index >= 15 is 0 Å². The molecule has 2 atom stereocenters. The molecule has 13 heavy (non-hydrogen) atoms. The third-order valence-electron chi connectivity index (χ3n) is 2.54. The molecule has 0 aromatic rings. The first-order chi connectivity index (χ1) is 5.91. The summed E-state index contributed by atoms with van der Waals surface area (Å²) < 4.78 is 0. The van der Waals surface area contributed by atoms with Crippen molar-refractivity contribution in [2.75, 3.05) is 5.88 Å². The van der Waals surface area contributed by atoms with Crippen LogP contribution in [0.1, 0.15) is 47.5 Å². The number of halogens is 1. The van der Waals surface area contributed by atoms with Gasteiger partial charge >= 0.3 is 0 Å². The molecule has 0 radical (unpaired) electrons. The van der Waals surface area contributed by atoms with E-state index in [-0.39, 0.29) is 0 Å². The van der Waals surface area contributed by atoms with Gasteiger partial charge in [0.15, 0.2) is 0 Å². The largest absolute Gasteiger partial charge is 0.311 e. The first-order valence-corrected chi connectivity index (χ1v) is 5.77. The molecule has 0 spiro atoms. The summed E-state index contributed by atoms with van der Waals surface area (Å²) in [5.41, 5.74) is 0.304. The van der Waals surface area contributed by atoms with E-state index in [1.807, 2.05) is 0 Å². The molecule has 0 fully saturated rings. The Morgan fingerprint density at radius 2 is 1.85 bits per heavy atom. The van der Waals surface area contributed by atoms with Crippen LogP contribution in [0.5, 0.6) is 0 Å². The van der Waals surface area contributed by atoms with Gasteiger partial charge in [0, 0.05) is 18.0 Å². The van der Waals surface area contributed by atoms with Crippen LogP contribution in [0.15, 0.2) is 0 Å². The van der Waals surface area contributed by atoms with E-state index in [0.29, 0.717) is 17.5 Å². The van der Waals surface area contributed by atoms with Gasteiger partial charge in [-0.05, 0) is 25.2 Å². The van der Waals surface area contributed by atoms with Crippen LogP contribution in [0.2, 0.25) is 0 Å². The number of nitrogens with one attached hydrogen (secondary N) is 1. The molecule has 0 saturated heterocycles. The lowest BCUT2D eigenvalue weighted by atomic mass is 9.84. The Morgan fingerprint density at radius 1 is 1.31 bits per heavy atom. The Labute approximate surface area is 88.2 Å². The lowest BCUT2D eigenvalue weighted by molar-refractivity contribution is 0.242. The molecule has 0 aromatic heterocycles. The van der Waals surface area contributed by atoms with Gasteiger partial charge in [-0.2, -0.15) is 0 Å². The molecule has 0 aliphatic carbocycles. The zero-order valence-electron chi connectivity index (χ0n) is 9.65. The maximum absolute atomic E-state index is 5.79. The predicted octanol–water partition coefficient (Wildman–Crippen LogP) is 3.42. The van der Waals surface area contributed by atoms with E-state index in [1.165, 1.54) is 6.42 Å². The molecule has 0 rings (SSSR count). The number of alkyl halides is 1. The van der Waals surface area contributed by atoms with Crippen LogP contribution < -0.4 is 5.32 Å². The standard InChI is InChI=1S/C11H24ClN/c1-6-9(2)13-10(7-8-12)11(3,4)5/h9-10,13H,6-8H2,1-5H3. The molecule has 0 aliphatic heterocycles. The second-order valence-electron chi connectivity index (χ2n) is 4.87. The van der Waals surface area contributed by atoms with E-state index in [1.54, 1.807) is 0 Å². The fourth-order valence-electron chi connectivity index (χ4n) is 1.34. The van der Waals surface area contributed by atoms with Crippen LogP contribution in [-0.4, -0.2) is 18.0 Å². The zero-order valence-corrected chi connectivity index (χ0v) is 10.4. The van der Waals surface area contributed by atoms with Crippen LogP contribution in [-0.2, 0) is 0 Å². The highest BCUT2D eigenvalue weighted by Crippen LogP contribution is 2.22. The predicted molar refractivity (Wildman–Crippen MR) is 61.5 cm³/mol. The summed E-state index contributed by atoms with van der Waals surface area (Å²) in [6.07, 6.45) is 2.23. The van der Waals surface area contributed by atoms with Gasteiger partial charge in [-0.25, -0.2) is 0 Å². The van der Waals surface area contributed by atoms with Gasteiger partial charge in [0.2, 0.25) is 0 Å². The summed E-state index contributed by atoms with van der Waals surface area (Å²) in [4.78, 5) is 0. The van der Waals surface area contributed by atoms with Crippen molar-refractivity contribution in [1.29, 1.82) is 0 Å². The van der Waals surface area contributed by atoms with E-state index < -0.39 is 0 Å². The smallest absolute Gasteiger partial charge is 0.0238 e. The highest BCUT2D eigenvalue weighted by molar-refractivity contribution is 6.17. The van der Waals surface area contributed by atoms with E-state index in [0.717, 1.165) is 12.3 Å². The summed E-state index contributed by atoms with van der Waals surface area (Å²) in [5.74, 6) is 0.741. The molecule has 1 nitrogen and oxygen atoms in total. The Balaban J connectivity index is 4.10. The molecule has 1 N–H and O–H groups in total. The third-order valence-corrected chi connectivity index (χ3v) is 2.76. The number of hydrogen-bond donors (Lipinski definition) is 1. The Hall–Kier alpha value is 0.250. The fourth-order valence-corrected chi connectivity index (χ4v) is 1.55. The molecule has 2 heteroatoms. The summed E-state index contributed by atoms with van der Waals surface area (Å²) in [7, 11) is 0. The van der Waals surface area contributed by atoms with Gasteiger partial charge < -0.3 is 5.32 Å². The van der Waals surface area contributed by atoms with Gasteiger partial charge in [-0.15, -0.1) is 11.6 Å². The Kier molecular flexibility index (Phi) is 5.98. The van der Waals surface area contributed by atoms with Gasteiger partial charge in [-0.3, -0.25) is 0 Å². The molecule has 0 heterocycles. The van der Waals surface area contributed by atoms with Crippen molar-refractivity contribution >= 4 is 11.6 Å². The third kappa shape index (κ3) is 5.53. The monoisotopic (exact) mass is 205 g/mol. The maximum atomic E-state index is 5.79. The summed E-state index contributed by atoms with van der Waals surface area (Å²) >= 11 is 5.79. The molecule has 0 bridgehead atoms. The van der Waals surface area contributed by atoms with Crippen molar-refractivity contribution in [2.45, 2.75) is 59.5 Å². The zero-order chi connectivity index (χ0) is 10.5. The molecule has 80 valence electrons. The van der Waals surface area contributed by atoms with Crippen molar-refractivity contribution in [3.63, 3.8) is 0 Å². The van der Waals surface area contributed by atoms with Crippen LogP contribution in [0.25, 0.3) is 0 Å². The first kappa shape index (κ1) is 13.2. The Bertz CT molecular complexity index is 129. The van der Waals surface area contributed by atoms with Crippen molar-refractivity contribution in [2.24, 2.45) is 5.41 Å². The molecular formula is C11H24ClN. The van der Waals surface area contributed by atoms with Gasteiger partial charge in [0.1, 0.15) is 0 Å². The second-order valence-corrected chi connectivity index (χ2v) is 5.25. The molecule has 0 saturated carbocycles. The lowest BCUT2D eigenvalue weighted by Crippen LogP contribution is -2.44. The molecule has 0 aromatic carbocycles. The van der Waals surface area contributed by atoms with Crippen molar-refractivity contribution in [1.82, 2.24) is 5.32 Å². The average Bonchev–Trinajstić information content (AvgIpc) is 2.01. The normalized spacial score (nSPS) is 17.1. The average molecular weight is 206 g/mol. The minimum atomic E-state index is 0.304. The molecule has 0 aliphatic rings. The quantitative estimate of drug-likeness (QED) is 0.679. The minimum absolute atomic E-state index is 0.304. The first-order valence-electron chi connectivity index (χ1n) is 5.23. The van der Waals surface area contributed by atoms with Gasteiger partial charge in [-0.1, -0.05) is 27.7 Å². The van der Waals surface area contributed by atoms with Crippen molar-refractivity contribution in [3.8, 4) is 0 Å². The minimum Gasteiger partial charge on any atom is -0.311 e. The van der Waals surface area contributed by atoms with E-state index in [2.05, 4.69) is 39.9 Å². The maximum Gasteiger partial charge on any atom is 0.0238 e. The van der Waals surface area contributed by atoms with Gasteiger partial charge in [0.25, 0.3) is 0 Å². The highest BCUT2D eigenvalue weighted by Gasteiger charge is 2.24. The molecular weight excluding hydrogens is 182 g/mol. The van der Waals surface area contributed by atoms with Gasteiger partial charge in [0.05, 0.1) is 0 Å². The topological polar surface area (TPSA) is 12.0 Å². The van der Waals surface area contributed by atoms with Crippen LogP contribution in [0, 0.1) is 5.41 Å².